The van der Waals surface area contributed by atoms with Gasteiger partial charge >= 0.3 is 6.03 Å². The van der Waals surface area contributed by atoms with Crippen LogP contribution in [0, 0.1) is 0 Å². The van der Waals surface area contributed by atoms with Crippen molar-refractivity contribution in [1.29, 1.82) is 0 Å². The summed E-state index contributed by atoms with van der Waals surface area (Å²) in [7, 11) is 0. The van der Waals surface area contributed by atoms with Crippen molar-refractivity contribution in [3.63, 3.8) is 0 Å². The van der Waals surface area contributed by atoms with Gasteiger partial charge in [0.2, 0.25) is 5.91 Å². The van der Waals surface area contributed by atoms with E-state index in [2.05, 4.69) is 15.6 Å². The second-order valence-corrected chi connectivity index (χ2v) is 6.04. The number of urea groups is 1. The molecule has 6 nitrogen and oxygen atoms in total. The van der Waals surface area contributed by atoms with Crippen molar-refractivity contribution >= 4 is 46.4 Å². The number of aromatic nitrogens is 1. The van der Waals surface area contributed by atoms with Gasteiger partial charge in [0.25, 0.3) is 5.22 Å². The summed E-state index contributed by atoms with van der Waals surface area (Å²) >= 11 is 6.98. The van der Waals surface area contributed by atoms with Crippen LogP contribution < -0.4 is 10.6 Å². The lowest BCUT2D eigenvalue weighted by molar-refractivity contribution is -0.117. The number of carbonyl (C=O) groups excluding carboxylic acids is 2. The summed E-state index contributed by atoms with van der Waals surface area (Å²) in [6, 6.07) is 4.89. The molecular formula is C13H12ClN3O3S. The molecule has 1 heterocycles. The zero-order valence-electron chi connectivity index (χ0n) is 10.9. The average molecular weight is 326 g/mol. The Bertz CT molecular complexity index is 699. The summed E-state index contributed by atoms with van der Waals surface area (Å²) < 4.78 is 5.47. The zero-order chi connectivity index (χ0) is 14.8. The molecule has 2 aromatic rings. The van der Waals surface area contributed by atoms with Gasteiger partial charge in [0, 0.05) is 17.1 Å². The summed E-state index contributed by atoms with van der Waals surface area (Å²) in [4.78, 5) is 27.2. The third-order valence-electron chi connectivity index (χ3n) is 2.82. The minimum atomic E-state index is -0.451. The van der Waals surface area contributed by atoms with E-state index in [1.807, 2.05) is 0 Å². The molecule has 1 aliphatic carbocycles. The van der Waals surface area contributed by atoms with Gasteiger partial charge in [-0.1, -0.05) is 23.4 Å². The second-order valence-electron chi connectivity index (χ2n) is 4.68. The lowest BCUT2D eigenvalue weighted by Crippen LogP contribution is -2.41. The topological polar surface area (TPSA) is 84.2 Å². The van der Waals surface area contributed by atoms with Crippen molar-refractivity contribution in [3.05, 3.63) is 23.2 Å². The highest BCUT2D eigenvalue weighted by Gasteiger charge is 2.23. The van der Waals surface area contributed by atoms with Crippen molar-refractivity contribution in [2.45, 2.75) is 24.1 Å². The minimum Gasteiger partial charge on any atom is -0.431 e. The van der Waals surface area contributed by atoms with Crippen molar-refractivity contribution < 1.29 is 14.0 Å². The molecule has 8 heteroatoms. The predicted molar refractivity (Wildman–Crippen MR) is 79.4 cm³/mol. The van der Waals surface area contributed by atoms with Gasteiger partial charge < -0.3 is 9.73 Å². The van der Waals surface area contributed by atoms with E-state index in [1.165, 1.54) is 0 Å². The van der Waals surface area contributed by atoms with Gasteiger partial charge in [-0.25, -0.2) is 9.78 Å². The van der Waals surface area contributed by atoms with Crippen LogP contribution in [0.5, 0.6) is 0 Å². The highest BCUT2D eigenvalue weighted by atomic mass is 35.5. The van der Waals surface area contributed by atoms with Crippen LogP contribution in [0.15, 0.2) is 27.8 Å². The molecular weight excluding hydrogens is 314 g/mol. The molecule has 2 N–H and O–H groups in total. The fourth-order valence-electron chi connectivity index (χ4n) is 1.68. The molecule has 1 aromatic heterocycles. The molecule has 3 rings (SSSR count). The number of carbonyl (C=O) groups is 2. The van der Waals surface area contributed by atoms with E-state index in [9.17, 15) is 9.59 Å². The maximum atomic E-state index is 11.6. The molecule has 0 aliphatic heterocycles. The van der Waals surface area contributed by atoms with Crippen molar-refractivity contribution in [1.82, 2.24) is 15.6 Å². The third-order valence-corrected chi connectivity index (χ3v) is 3.89. The van der Waals surface area contributed by atoms with E-state index in [4.69, 9.17) is 16.0 Å². The number of rotatable bonds is 4. The van der Waals surface area contributed by atoms with Gasteiger partial charge in [-0.3, -0.25) is 10.1 Å². The lowest BCUT2D eigenvalue weighted by Gasteiger charge is -2.03. The molecule has 0 radical (unpaired) electrons. The van der Waals surface area contributed by atoms with Gasteiger partial charge in [0.15, 0.2) is 5.58 Å². The normalized spacial score (nSPS) is 14.1. The second kappa shape index (κ2) is 5.95. The van der Waals surface area contributed by atoms with Crippen molar-refractivity contribution in [2.75, 3.05) is 5.75 Å². The van der Waals surface area contributed by atoms with E-state index in [0.29, 0.717) is 21.3 Å². The van der Waals surface area contributed by atoms with Crippen LogP contribution in [-0.2, 0) is 4.79 Å². The highest BCUT2D eigenvalue weighted by Crippen LogP contribution is 2.25. The number of nitrogens with one attached hydrogen (secondary N) is 2. The van der Waals surface area contributed by atoms with Crippen molar-refractivity contribution in [3.8, 4) is 0 Å². The van der Waals surface area contributed by atoms with Crippen LogP contribution in [0.3, 0.4) is 0 Å². The fraction of sp³-hybridized carbons (Fsp3) is 0.308. The Labute approximate surface area is 129 Å². The third kappa shape index (κ3) is 3.89. The van der Waals surface area contributed by atoms with Crippen LogP contribution in [-0.4, -0.2) is 28.7 Å². The van der Waals surface area contributed by atoms with Crippen LogP contribution in [0.2, 0.25) is 5.02 Å². The first-order valence-corrected chi connectivity index (χ1v) is 7.76. The van der Waals surface area contributed by atoms with E-state index in [-0.39, 0.29) is 11.8 Å². The fourth-order valence-corrected chi connectivity index (χ4v) is 2.48. The molecule has 0 saturated heterocycles. The molecule has 110 valence electrons. The van der Waals surface area contributed by atoms with Gasteiger partial charge in [-0.05, 0) is 25.0 Å². The number of hydrogen-bond donors (Lipinski definition) is 2. The molecule has 3 amide bonds. The quantitative estimate of drug-likeness (QED) is 0.844. The number of hydrogen-bond acceptors (Lipinski definition) is 5. The Balaban J connectivity index is 1.53. The Morgan fingerprint density at radius 1 is 1.43 bits per heavy atom. The first-order chi connectivity index (χ1) is 10.1. The maximum absolute atomic E-state index is 11.6. The lowest BCUT2D eigenvalue weighted by atomic mass is 10.3. The number of amides is 3. The number of oxazole rings is 1. The Morgan fingerprint density at radius 2 is 2.24 bits per heavy atom. The van der Waals surface area contributed by atoms with E-state index >= 15 is 0 Å². The first kappa shape index (κ1) is 14.2. The van der Waals surface area contributed by atoms with E-state index in [0.717, 1.165) is 24.6 Å². The molecule has 1 saturated carbocycles. The summed E-state index contributed by atoms with van der Waals surface area (Å²) in [5, 5.41) is 5.87. The van der Waals surface area contributed by atoms with Gasteiger partial charge in [-0.2, -0.15) is 0 Å². The monoisotopic (exact) mass is 325 g/mol. The number of thioether (sulfide) groups is 1. The number of fused-ring (bicyclic) bond motifs is 1. The average Bonchev–Trinajstić information content (AvgIpc) is 3.13. The largest absolute Gasteiger partial charge is 0.431 e. The molecule has 0 unspecified atom stereocenters. The smallest absolute Gasteiger partial charge is 0.321 e. The molecule has 1 fully saturated rings. The Morgan fingerprint density at radius 3 is 3.00 bits per heavy atom. The summed E-state index contributed by atoms with van der Waals surface area (Å²) in [6.07, 6.45) is 1.95. The standard InChI is InChI=1S/C13H12ClN3O3S/c14-7-1-4-9-10(5-7)20-13(16-9)21-6-11(18)17-12(19)15-8-2-3-8/h1,4-5,8H,2-3,6H2,(H2,15,17,18,19). The Hall–Kier alpha value is -1.73. The molecule has 21 heavy (non-hydrogen) atoms. The Kier molecular flexibility index (Phi) is 4.03. The predicted octanol–water partition coefficient (Wildman–Crippen LogP) is 2.56. The molecule has 0 atom stereocenters. The van der Waals surface area contributed by atoms with E-state index in [1.54, 1.807) is 18.2 Å². The zero-order valence-corrected chi connectivity index (χ0v) is 12.5. The summed E-state index contributed by atoms with van der Waals surface area (Å²) in [5.41, 5.74) is 1.24. The van der Waals surface area contributed by atoms with Crippen LogP contribution in [0.4, 0.5) is 4.79 Å². The van der Waals surface area contributed by atoms with Gasteiger partial charge in [0.1, 0.15) is 5.52 Å². The minimum absolute atomic E-state index is 0.0542. The molecule has 0 bridgehead atoms. The number of benzene rings is 1. The number of imide groups is 1. The first-order valence-electron chi connectivity index (χ1n) is 6.39. The summed E-state index contributed by atoms with van der Waals surface area (Å²) in [6.45, 7) is 0. The molecule has 1 aliphatic rings. The van der Waals surface area contributed by atoms with Crippen LogP contribution in [0.1, 0.15) is 12.8 Å². The van der Waals surface area contributed by atoms with Crippen LogP contribution >= 0.6 is 23.4 Å². The summed E-state index contributed by atoms with van der Waals surface area (Å²) in [5.74, 6) is -0.336. The number of nitrogens with zero attached hydrogens (tertiary/aromatic N) is 1. The van der Waals surface area contributed by atoms with Gasteiger partial charge in [0.05, 0.1) is 5.75 Å². The number of halogens is 1. The van der Waals surface area contributed by atoms with Crippen molar-refractivity contribution in [2.24, 2.45) is 0 Å². The van der Waals surface area contributed by atoms with E-state index < -0.39 is 11.9 Å². The highest BCUT2D eigenvalue weighted by molar-refractivity contribution is 7.99. The maximum Gasteiger partial charge on any atom is 0.321 e. The molecule has 1 aromatic carbocycles. The SMILES string of the molecule is O=C(CSc1nc2ccc(Cl)cc2o1)NC(=O)NC1CC1. The molecule has 0 spiro atoms. The van der Waals surface area contributed by atoms with Crippen LogP contribution in [0.25, 0.3) is 11.1 Å². The van der Waals surface area contributed by atoms with Gasteiger partial charge in [-0.15, -0.1) is 0 Å².